The first kappa shape index (κ1) is 22.1. The van der Waals surface area contributed by atoms with Crippen molar-refractivity contribution in [2.45, 2.75) is 41.0 Å². The van der Waals surface area contributed by atoms with Crippen LogP contribution in [0.1, 0.15) is 42.5 Å². The highest BCUT2D eigenvalue weighted by Crippen LogP contribution is 2.40. The molecule has 2 aromatic rings. The van der Waals surface area contributed by atoms with Crippen molar-refractivity contribution in [2.75, 3.05) is 25.1 Å². The van der Waals surface area contributed by atoms with E-state index in [0.29, 0.717) is 34.5 Å². The predicted octanol–water partition coefficient (Wildman–Crippen LogP) is 4.88. The minimum absolute atomic E-state index is 0.270. The van der Waals surface area contributed by atoms with Gasteiger partial charge in [-0.3, -0.25) is 9.59 Å². The molecule has 0 spiro atoms. The Bertz CT molecular complexity index is 1110. The molecule has 2 atom stereocenters. The Morgan fingerprint density at radius 3 is 2.19 bits per heavy atom. The van der Waals surface area contributed by atoms with E-state index in [-0.39, 0.29) is 11.8 Å². The van der Waals surface area contributed by atoms with Gasteiger partial charge in [-0.2, -0.15) is 0 Å². The van der Waals surface area contributed by atoms with E-state index in [1.807, 2.05) is 57.2 Å². The summed E-state index contributed by atoms with van der Waals surface area (Å²) in [5.41, 5.74) is 5.51. The fraction of sp³-hybridized carbons (Fsp3) is 0.407. The van der Waals surface area contributed by atoms with Crippen LogP contribution in [0.15, 0.2) is 42.1 Å². The molecule has 2 aliphatic heterocycles. The van der Waals surface area contributed by atoms with E-state index < -0.39 is 0 Å². The quantitative estimate of drug-likeness (QED) is 0.646. The number of carbonyl (C=O) groups is 2. The number of benzene rings is 2. The van der Waals surface area contributed by atoms with Crippen LogP contribution < -0.4 is 9.64 Å². The van der Waals surface area contributed by atoms with Gasteiger partial charge in [0.1, 0.15) is 11.4 Å². The van der Waals surface area contributed by atoms with Crippen LogP contribution in [0.25, 0.3) is 5.57 Å². The number of piperidine rings is 1. The average molecular weight is 433 g/mol. The van der Waals surface area contributed by atoms with Gasteiger partial charge in [0, 0.05) is 13.1 Å². The number of hydrogen-bond acceptors (Lipinski definition) is 4. The summed E-state index contributed by atoms with van der Waals surface area (Å²) in [7, 11) is 1.56. The van der Waals surface area contributed by atoms with Crippen molar-refractivity contribution >= 4 is 23.1 Å². The van der Waals surface area contributed by atoms with Gasteiger partial charge in [0.05, 0.1) is 18.4 Å². The van der Waals surface area contributed by atoms with Crippen LogP contribution in [0, 0.1) is 32.6 Å². The van der Waals surface area contributed by atoms with Crippen LogP contribution in [0.3, 0.4) is 0 Å². The zero-order valence-corrected chi connectivity index (χ0v) is 19.9. The number of carbonyl (C=O) groups excluding carboxylic acids is 2. The van der Waals surface area contributed by atoms with Crippen molar-refractivity contribution in [3.05, 3.63) is 64.3 Å². The third-order valence-corrected chi connectivity index (χ3v) is 6.62. The average Bonchev–Trinajstić information content (AvgIpc) is 2.99. The Balaban J connectivity index is 1.89. The predicted molar refractivity (Wildman–Crippen MR) is 128 cm³/mol. The number of methoxy groups -OCH3 is 1. The number of rotatable bonds is 4. The summed E-state index contributed by atoms with van der Waals surface area (Å²) in [6.07, 6.45) is 1.13. The third-order valence-electron chi connectivity index (χ3n) is 6.62. The molecule has 0 aromatic heterocycles. The van der Waals surface area contributed by atoms with Gasteiger partial charge < -0.3 is 9.64 Å². The molecule has 0 bridgehead atoms. The lowest BCUT2D eigenvalue weighted by Gasteiger charge is -2.37. The normalized spacial score (nSPS) is 21.6. The summed E-state index contributed by atoms with van der Waals surface area (Å²) in [4.78, 5) is 31.2. The molecule has 168 valence electrons. The summed E-state index contributed by atoms with van der Waals surface area (Å²) in [5.74, 6) is 0.866. The lowest BCUT2D eigenvalue weighted by Crippen LogP contribution is -2.42. The maximum absolute atomic E-state index is 13.9. The van der Waals surface area contributed by atoms with Crippen molar-refractivity contribution in [2.24, 2.45) is 11.8 Å². The number of amides is 2. The van der Waals surface area contributed by atoms with E-state index in [1.165, 1.54) is 4.90 Å². The monoisotopic (exact) mass is 432 g/mol. The first-order chi connectivity index (χ1) is 15.2. The van der Waals surface area contributed by atoms with Crippen molar-refractivity contribution in [1.82, 2.24) is 4.90 Å². The molecule has 0 saturated carbocycles. The van der Waals surface area contributed by atoms with E-state index >= 15 is 0 Å². The van der Waals surface area contributed by atoms with Crippen molar-refractivity contribution < 1.29 is 14.3 Å². The number of nitrogens with zero attached hydrogens (tertiary/aromatic N) is 2. The standard InChI is InChI=1S/C27H32N2O3/c1-16-7-10-23(32-6)22(12-16)29-26(30)24(21-9-8-19(4)20(5)13-21)25(27(29)31)28-14-17(2)11-18(3)15-28/h7-10,12-13,17-18H,11,14-15H2,1-6H3. The first-order valence-electron chi connectivity index (χ1n) is 11.3. The second kappa shape index (κ2) is 8.45. The van der Waals surface area contributed by atoms with Crippen molar-refractivity contribution in [3.63, 3.8) is 0 Å². The number of anilines is 1. The molecule has 5 nitrogen and oxygen atoms in total. The third kappa shape index (κ3) is 3.81. The molecule has 1 saturated heterocycles. The molecule has 5 heteroatoms. The zero-order chi connectivity index (χ0) is 23.2. The van der Waals surface area contributed by atoms with Gasteiger partial charge in [-0.05, 0) is 73.4 Å². The fourth-order valence-corrected chi connectivity index (χ4v) is 5.01. The largest absolute Gasteiger partial charge is 0.495 e. The van der Waals surface area contributed by atoms with E-state index in [1.54, 1.807) is 7.11 Å². The second-order valence-electron chi connectivity index (χ2n) is 9.49. The molecule has 2 unspecified atom stereocenters. The van der Waals surface area contributed by atoms with Gasteiger partial charge in [-0.15, -0.1) is 0 Å². The number of imide groups is 1. The number of ether oxygens (including phenoxy) is 1. The van der Waals surface area contributed by atoms with Gasteiger partial charge in [-0.25, -0.2) is 4.90 Å². The van der Waals surface area contributed by atoms with Crippen molar-refractivity contribution in [3.8, 4) is 5.75 Å². The lowest BCUT2D eigenvalue weighted by molar-refractivity contribution is -0.120. The molecular weight excluding hydrogens is 400 g/mol. The molecular formula is C27H32N2O3. The smallest absolute Gasteiger partial charge is 0.282 e. The summed E-state index contributed by atoms with van der Waals surface area (Å²) in [6, 6.07) is 11.6. The maximum atomic E-state index is 13.9. The summed E-state index contributed by atoms with van der Waals surface area (Å²) in [5, 5.41) is 0. The number of aryl methyl sites for hydroxylation is 3. The molecule has 0 radical (unpaired) electrons. The van der Waals surface area contributed by atoms with Crippen LogP contribution in [0.2, 0.25) is 0 Å². The molecule has 32 heavy (non-hydrogen) atoms. The lowest BCUT2D eigenvalue weighted by atomic mass is 9.90. The van der Waals surface area contributed by atoms with Crippen molar-refractivity contribution in [1.29, 1.82) is 0 Å². The van der Waals surface area contributed by atoms with Crippen LogP contribution in [-0.2, 0) is 9.59 Å². The molecule has 2 aliphatic rings. The highest BCUT2D eigenvalue weighted by molar-refractivity contribution is 6.45. The Kier molecular flexibility index (Phi) is 5.85. The Labute approximate surface area is 190 Å². The highest BCUT2D eigenvalue weighted by Gasteiger charge is 2.44. The van der Waals surface area contributed by atoms with Crippen LogP contribution >= 0.6 is 0 Å². The molecule has 2 amide bonds. The van der Waals surface area contributed by atoms with Crippen LogP contribution in [-0.4, -0.2) is 36.9 Å². The Morgan fingerprint density at radius 1 is 0.875 bits per heavy atom. The van der Waals surface area contributed by atoms with E-state index in [2.05, 4.69) is 18.7 Å². The van der Waals surface area contributed by atoms with Gasteiger partial charge >= 0.3 is 0 Å². The maximum Gasteiger partial charge on any atom is 0.282 e. The first-order valence-corrected chi connectivity index (χ1v) is 11.3. The molecule has 1 fully saturated rings. The molecule has 2 heterocycles. The second-order valence-corrected chi connectivity index (χ2v) is 9.49. The number of likely N-dealkylation sites (tertiary alicyclic amines) is 1. The topological polar surface area (TPSA) is 49.9 Å². The fourth-order valence-electron chi connectivity index (χ4n) is 5.01. The Hall–Kier alpha value is -3.08. The molecule has 2 aromatic carbocycles. The van der Waals surface area contributed by atoms with Crippen LogP contribution in [0.5, 0.6) is 5.75 Å². The molecule has 0 aliphatic carbocycles. The highest BCUT2D eigenvalue weighted by atomic mass is 16.5. The summed E-state index contributed by atoms with van der Waals surface area (Å²) < 4.78 is 5.52. The van der Waals surface area contributed by atoms with Gasteiger partial charge in [0.2, 0.25) is 0 Å². The zero-order valence-electron chi connectivity index (χ0n) is 19.9. The minimum Gasteiger partial charge on any atom is -0.495 e. The van der Waals surface area contributed by atoms with Gasteiger partial charge in [-0.1, -0.05) is 38.1 Å². The van der Waals surface area contributed by atoms with E-state index in [0.717, 1.165) is 41.8 Å². The van der Waals surface area contributed by atoms with Crippen LogP contribution in [0.4, 0.5) is 5.69 Å². The SMILES string of the molecule is COc1ccc(C)cc1N1C(=O)C(c2ccc(C)c(C)c2)=C(N2CC(C)CC(C)C2)C1=O. The summed E-state index contributed by atoms with van der Waals surface area (Å²) >= 11 is 0. The van der Waals surface area contributed by atoms with Gasteiger partial charge in [0.15, 0.2) is 0 Å². The minimum atomic E-state index is -0.289. The number of hydrogen-bond donors (Lipinski definition) is 0. The molecule has 4 rings (SSSR count). The Morgan fingerprint density at radius 2 is 1.56 bits per heavy atom. The van der Waals surface area contributed by atoms with E-state index in [4.69, 9.17) is 4.74 Å². The van der Waals surface area contributed by atoms with Gasteiger partial charge in [0.25, 0.3) is 11.8 Å². The molecule has 0 N–H and O–H groups in total. The summed E-state index contributed by atoms with van der Waals surface area (Å²) in [6.45, 7) is 12.0. The van der Waals surface area contributed by atoms with E-state index in [9.17, 15) is 9.59 Å².